The highest BCUT2D eigenvalue weighted by molar-refractivity contribution is 6.30. The molecule has 0 unspecified atom stereocenters. The Labute approximate surface area is 161 Å². The molecule has 144 valence electrons. The van der Waals surface area contributed by atoms with Crippen molar-refractivity contribution in [3.63, 3.8) is 0 Å². The number of hydrogen-bond acceptors (Lipinski definition) is 3. The maximum absolute atomic E-state index is 12.5. The van der Waals surface area contributed by atoms with Gasteiger partial charge in [0, 0.05) is 42.7 Å². The lowest BCUT2D eigenvalue weighted by atomic mass is 9.91. The zero-order chi connectivity index (χ0) is 19.3. The Kier molecular flexibility index (Phi) is 7.07. The number of hydrogen-bond donors (Lipinski definition) is 1. The Morgan fingerprint density at radius 2 is 1.77 bits per heavy atom. The van der Waals surface area contributed by atoms with Crippen molar-refractivity contribution in [3.8, 4) is 0 Å². The predicted molar refractivity (Wildman–Crippen MR) is 105 cm³/mol. The van der Waals surface area contributed by atoms with Crippen molar-refractivity contribution in [2.24, 2.45) is 11.3 Å². The minimum absolute atomic E-state index is 0.00708. The Hall–Kier alpha value is -1.59. The van der Waals surface area contributed by atoms with Crippen LogP contribution in [0.15, 0.2) is 24.3 Å². The van der Waals surface area contributed by atoms with Crippen molar-refractivity contribution in [1.82, 2.24) is 15.1 Å². The van der Waals surface area contributed by atoms with E-state index in [1.165, 1.54) is 0 Å². The SMILES string of the molecule is CN(C)CC(C)(C)CNC(=O)C1CCN(C(=O)c2ccc(Cl)cc2)CC1. The van der Waals surface area contributed by atoms with Crippen LogP contribution in [0.5, 0.6) is 0 Å². The first kappa shape index (κ1) is 20.7. The zero-order valence-corrected chi connectivity index (χ0v) is 17.0. The van der Waals surface area contributed by atoms with E-state index in [1.807, 2.05) is 19.0 Å². The number of rotatable bonds is 6. The summed E-state index contributed by atoms with van der Waals surface area (Å²) in [6.45, 7) is 7.11. The van der Waals surface area contributed by atoms with Gasteiger partial charge in [-0.1, -0.05) is 25.4 Å². The summed E-state index contributed by atoms with van der Waals surface area (Å²) in [5.41, 5.74) is 0.674. The van der Waals surface area contributed by atoms with E-state index < -0.39 is 0 Å². The molecule has 0 bridgehead atoms. The number of benzene rings is 1. The smallest absolute Gasteiger partial charge is 0.253 e. The van der Waals surface area contributed by atoms with E-state index in [1.54, 1.807) is 24.3 Å². The summed E-state index contributed by atoms with van der Waals surface area (Å²) < 4.78 is 0. The zero-order valence-electron chi connectivity index (χ0n) is 16.2. The quantitative estimate of drug-likeness (QED) is 0.826. The fraction of sp³-hybridized carbons (Fsp3) is 0.600. The van der Waals surface area contributed by atoms with E-state index in [0.29, 0.717) is 43.1 Å². The molecule has 2 amide bonds. The summed E-state index contributed by atoms with van der Waals surface area (Å²) in [5.74, 6) is 0.0995. The summed E-state index contributed by atoms with van der Waals surface area (Å²) in [6, 6.07) is 6.95. The fourth-order valence-electron chi connectivity index (χ4n) is 3.50. The number of nitrogens with zero attached hydrogens (tertiary/aromatic N) is 2. The van der Waals surface area contributed by atoms with Gasteiger partial charge in [0.05, 0.1) is 0 Å². The van der Waals surface area contributed by atoms with E-state index in [4.69, 9.17) is 11.6 Å². The van der Waals surface area contributed by atoms with E-state index in [0.717, 1.165) is 6.54 Å². The van der Waals surface area contributed by atoms with Crippen LogP contribution < -0.4 is 5.32 Å². The lowest BCUT2D eigenvalue weighted by molar-refractivity contribution is -0.126. The first-order valence-electron chi connectivity index (χ1n) is 9.15. The molecule has 1 fully saturated rings. The molecule has 0 aliphatic carbocycles. The average Bonchev–Trinajstić information content (AvgIpc) is 2.59. The summed E-state index contributed by atoms with van der Waals surface area (Å²) in [7, 11) is 4.08. The average molecular weight is 380 g/mol. The summed E-state index contributed by atoms with van der Waals surface area (Å²) in [4.78, 5) is 29.0. The van der Waals surface area contributed by atoms with Crippen LogP contribution in [0.3, 0.4) is 0 Å². The third-order valence-electron chi connectivity index (χ3n) is 4.73. The van der Waals surface area contributed by atoms with E-state index in [-0.39, 0.29) is 23.1 Å². The van der Waals surface area contributed by atoms with E-state index in [9.17, 15) is 9.59 Å². The molecule has 6 heteroatoms. The van der Waals surface area contributed by atoms with Crippen molar-refractivity contribution in [2.75, 3.05) is 40.3 Å². The van der Waals surface area contributed by atoms with Gasteiger partial charge in [-0.25, -0.2) is 0 Å². The summed E-state index contributed by atoms with van der Waals surface area (Å²) >= 11 is 5.87. The highest BCUT2D eigenvalue weighted by Crippen LogP contribution is 2.21. The van der Waals surface area contributed by atoms with Crippen LogP contribution in [0.25, 0.3) is 0 Å². The Balaban J connectivity index is 1.81. The molecular weight excluding hydrogens is 350 g/mol. The summed E-state index contributed by atoms with van der Waals surface area (Å²) in [5, 5.41) is 3.72. The van der Waals surface area contributed by atoms with Crippen LogP contribution in [0.4, 0.5) is 0 Å². The second-order valence-electron chi connectivity index (χ2n) is 8.19. The first-order valence-corrected chi connectivity index (χ1v) is 9.53. The highest BCUT2D eigenvalue weighted by Gasteiger charge is 2.29. The van der Waals surface area contributed by atoms with Crippen molar-refractivity contribution in [2.45, 2.75) is 26.7 Å². The van der Waals surface area contributed by atoms with Crippen LogP contribution in [0.2, 0.25) is 5.02 Å². The Morgan fingerprint density at radius 3 is 2.31 bits per heavy atom. The topological polar surface area (TPSA) is 52.7 Å². The second kappa shape index (κ2) is 8.87. The molecule has 1 aliphatic heterocycles. The van der Waals surface area contributed by atoms with Gasteiger partial charge in [-0.05, 0) is 56.6 Å². The van der Waals surface area contributed by atoms with Gasteiger partial charge in [0.1, 0.15) is 0 Å². The number of likely N-dealkylation sites (tertiary alicyclic amines) is 1. The van der Waals surface area contributed by atoms with Gasteiger partial charge in [-0.15, -0.1) is 0 Å². The number of carbonyl (C=O) groups excluding carboxylic acids is 2. The van der Waals surface area contributed by atoms with Crippen molar-refractivity contribution < 1.29 is 9.59 Å². The molecular formula is C20H30ClN3O2. The number of amides is 2. The minimum Gasteiger partial charge on any atom is -0.355 e. The van der Waals surface area contributed by atoms with E-state index >= 15 is 0 Å². The molecule has 0 spiro atoms. The monoisotopic (exact) mass is 379 g/mol. The van der Waals surface area contributed by atoms with Gasteiger partial charge in [0.25, 0.3) is 5.91 Å². The molecule has 0 atom stereocenters. The molecule has 1 aliphatic rings. The second-order valence-corrected chi connectivity index (χ2v) is 8.63. The maximum Gasteiger partial charge on any atom is 0.253 e. The Morgan fingerprint density at radius 1 is 1.19 bits per heavy atom. The molecule has 1 N–H and O–H groups in total. The number of nitrogens with one attached hydrogen (secondary N) is 1. The molecule has 5 nitrogen and oxygen atoms in total. The van der Waals surface area contributed by atoms with Crippen molar-refractivity contribution in [1.29, 1.82) is 0 Å². The molecule has 1 heterocycles. The molecule has 1 aromatic rings. The van der Waals surface area contributed by atoms with Gasteiger partial charge < -0.3 is 15.1 Å². The minimum atomic E-state index is -0.0144. The van der Waals surface area contributed by atoms with Crippen LogP contribution in [0.1, 0.15) is 37.0 Å². The number of piperidine rings is 1. The summed E-state index contributed by atoms with van der Waals surface area (Å²) in [6.07, 6.45) is 1.42. The lowest BCUT2D eigenvalue weighted by Gasteiger charge is -2.33. The standard InChI is InChI=1S/C20H30ClN3O2/c1-20(2,14-23(3)4)13-22-18(25)15-9-11-24(12-10-15)19(26)16-5-7-17(21)8-6-16/h5-8,15H,9-14H2,1-4H3,(H,22,25). The maximum atomic E-state index is 12.5. The predicted octanol–water partition coefficient (Wildman–Crippen LogP) is 2.90. The van der Waals surface area contributed by atoms with Gasteiger partial charge in [0.2, 0.25) is 5.91 Å². The van der Waals surface area contributed by atoms with Gasteiger partial charge in [-0.3, -0.25) is 9.59 Å². The Bertz CT molecular complexity index is 620. The van der Waals surface area contributed by atoms with Crippen LogP contribution in [-0.2, 0) is 4.79 Å². The van der Waals surface area contributed by atoms with Crippen LogP contribution in [-0.4, -0.2) is 61.9 Å². The third-order valence-corrected chi connectivity index (χ3v) is 4.98. The lowest BCUT2D eigenvalue weighted by Crippen LogP contribution is -2.46. The van der Waals surface area contributed by atoms with Crippen LogP contribution >= 0.6 is 11.6 Å². The molecule has 1 saturated heterocycles. The highest BCUT2D eigenvalue weighted by atomic mass is 35.5. The number of halogens is 1. The molecule has 1 aromatic carbocycles. The van der Waals surface area contributed by atoms with Gasteiger partial charge >= 0.3 is 0 Å². The fourth-order valence-corrected chi connectivity index (χ4v) is 3.63. The molecule has 0 saturated carbocycles. The molecule has 26 heavy (non-hydrogen) atoms. The first-order chi connectivity index (χ1) is 12.2. The van der Waals surface area contributed by atoms with E-state index in [2.05, 4.69) is 24.1 Å². The van der Waals surface area contributed by atoms with Crippen molar-refractivity contribution in [3.05, 3.63) is 34.9 Å². The van der Waals surface area contributed by atoms with Crippen molar-refractivity contribution >= 4 is 23.4 Å². The van der Waals surface area contributed by atoms with Crippen LogP contribution in [0, 0.1) is 11.3 Å². The molecule has 0 aromatic heterocycles. The molecule has 0 radical (unpaired) electrons. The molecule has 2 rings (SSSR count). The largest absolute Gasteiger partial charge is 0.355 e. The normalized spacial score (nSPS) is 16.0. The third kappa shape index (κ3) is 5.99. The van der Waals surface area contributed by atoms with Gasteiger partial charge in [-0.2, -0.15) is 0 Å². The van der Waals surface area contributed by atoms with Gasteiger partial charge in [0.15, 0.2) is 0 Å². The number of carbonyl (C=O) groups is 2.